The van der Waals surface area contributed by atoms with Crippen LogP contribution < -0.4 is 10.3 Å². The number of hydrazine groups is 1. The second-order valence-electron chi connectivity index (χ2n) is 3.70. The Morgan fingerprint density at radius 3 is 2.00 bits per heavy atom. The lowest BCUT2D eigenvalue weighted by Gasteiger charge is -2.27. The van der Waals surface area contributed by atoms with Gasteiger partial charge in [-0.1, -0.05) is 36.4 Å². The molecule has 2 rings (SSSR count). The molecule has 0 amide bonds. The number of benzene rings is 2. The molecule has 0 aliphatic rings. The van der Waals surface area contributed by atoms with Crippen LogP contribution in [-0.4, -0.2) is 10.4 Å². The highest BCUT2D eigenvalue weighted by Crippen LogP contribution is 2.22. The lowest BCUT2D eigenvalue weighted by atomic mass is 10.2. The molecule has 0 saturated carbocycles. The minimum Gasteiger partial charge on any atom is -0.267 e. The Kier molecular flexibility index (Phi) is 3.27. The summed E-state index contributed by atoms with van der Waals surface area (Å²) in [5.74, 6) is 0. The normalized spacial score (nSPS) is 10.1. The van der Waals surface area contributed by atoms with E-state index in [2.05, 4.69) is 0 Å². The van der Waals surface area contributed by atoms with Crippen LogP contribution in [0.4, 0.5) is 11.4 Å². The lowest BCUT2D eigenvalue weighted by molar-refractivity contribution is 0.118. The van der Waals surface area contributed by atoms with Gasteiger partial charge in [-0.25, -0.2) is 0 Å². The van der Waals surface area contributed by atoms with E-state index < -0.39 is 0 Å². The fraction of sp³-hybridized carbons (Fsp3) is 0.0769. The standard InChI is InChI=1S/C13H14N2O2/c1-11-7-5-6-10-13(11)15(17)14(16)12-8-3-2-4-9-12/h2-10,16-17H,1H3. The number of rotatable bonds is 3. The molecule has 4 nitrogen and oxygen atoms in total. The highest BCUT2D eigenvalue weighted by molar-refractivity contribution is 5.56. The number of aryl methyl sites for hydroxylation is 1. The number of anilines is 2. The van der Waals surface area contributed by atoms with E-state index in [1.54, 1.807) is 36.4 Å². The molecule has 0 bridgehead atoms. The zero-order chi connectivity index (χ0) is 12.3. The van der Waals surface area contributed by atoms with Gasteiger partial charge in [0.25, 0.3) is 0 Å². The summed E-state index contributed by atoms with van der Waals surface area (Å²) in [6.45, 7) is 1.86. The van der Waals surface area contributed by atoms with Crippen molar-refractivity contribution in [3.05, 3.63) is 60.2 Å². The smallest absolute Gasteiger partial charge is 0.0932 e. The van der Waals surface area contributed by atoms with Crippen molar-refractivity contribution in [3.8, 4) is 0 Å². The highest BCUT2D eigenvalue weighted by atomic mass is 16.7. The van der Waals surface area contributed by atoms with Crippen molar-refractivity contribution in [2.24, 2.45) is 0 Å². The Morgan fingerprint density at radius 2 is 1.35 bits per heavy atom. The van der Waals surface area contributed by atoms with Crippen molar-refractivity contribution in [1.29, 1.82) is 0 Å². The van der Waals surface area contributed by atoms with Gasteiger partial charge in [-0.05, 0) is 30.7 Å². The van der Waals surface area contributed by atoms with Gasteiger partial charge < -0.3 is 0 Å². The van der Waals surface area contributed by atoms with Crippen molar-refractivity contribution in [1.82, 2.24) is 0 Å². The first kappa shape index (κ1) is 11.4. The maximum Gasteiger partial charge on any atom is 0.0932 e. The van der Waals surface area contributed by atoms with Gasteiger partial charge in [0, 0.05) is 0 Å². The van der Waals surface area contributed by atoms with Gasteiger partial charge in [-0.2, -0.15) is 0 Å². The molecule has 4 heteroatoms. The van der Waals surface area contributed by atoms with E-state index in [-0.39, 0.29) is 0 Å². The van der Waals surface area contributed by atoms with Crippen LogP contribution in [0.2, 0.25) is 0 Å². The fourth-order valence-electron chi connectivity index (χ4n) is 1.56. The van der Waals surface area contributed by atoms with E-state index in [0.29, 0.717) is 21.7 Å². The third kappa shape index (κ3) is 2.38. The molecule has 0 atom stereocenters. The number of hydrogen-bond donors (Lipinski definition) is 2. The zero-order valence-electron chi connectivity index (χ0n) is 9.49. The predicted molar refractivity (Wildman–Crippen MR) is 66.2 cm³/mol. The van der Waals surface area contributed by atoms with Crippen molar-refractivity contribution in [3.63, 3.8) is 0 Å². The lowest BCUT2D eigenvalue weighted by Crippen LogP contribution is -2.38. The van der Waals surface area contributed by atoms with Gasteiger partial charge >= 0.3 is 0 Å². The Labute approximate surface area is 99.8 Å². The number of nitrogens with zero attached hydrogens (tertiary/aromatic N) is 2. The van der Waals surface area contributed by atoms with Crippen molar-refractivity contribution in [2.45, 2.75) is 6.92 Å². The minimum absolute atomic E-state index is 0.484. The molecule has 17 heavy (non-hydrogen) atoms. The summed E-state index contributed by atoms with van der Waals surface area (Å²) < 4.78 is 0. The Bertz CT molecular complexity index is 488. The van der Waals surface area contributed by atoms with E-state index >= 15 is 0 Å². The van der Waals surface area contributed by atoms with Gasteiger partial charge in [0.15, 0.2) is 0 Å². The van der Waals surface area contributed by atoms with E-state index in [9.17, 15) is 10.4 Å². The molecule has 88 valence electrons. The Balaban J connectivity index is 2.27. The van der Waals surface area contributed by atoms with Crippen LogP contribution in [0.25, 0.3) is 0 Å². The first-order valence-electron chi connectivity index (χ1n) is 5.29. The van der Waals surface area contributed by atoms with Crippen molar-refractivity contribution in [2.75, 3.05) is 10.3 Å². The number of hydrogen-bond acceptors (Lipinski definition) is 4. The monoisotopic (exact) mass is 230 g/mol. The van der Waals surface area contributed by atoms with Crippen LogP contribution in [0.3, 0.4) is 0 Å². The molecular formula is C13H14N2O2. The summed E-state index contributed by atoms with van der Waals surface area (Å²) in [6.07, 6.45) is 0. The van der Waals surface area contributed by atoms with Crippen molar-refractivity contribution >= 4 is 11.4 Å². The van der Waals surface area contributed by atoms with E-state index in [0.717, 1.165) is 5.56 Å². The predicted octanol–water partition coefficient (Wildman–Crippen LogP) is 3.00. The van der Waals surface area contributed by atoms with Crippen LogP contribution in [0.15, 0.2) is 54.6 Å². The topological polar surface area (TPSA) is 46.9 Å². The molecule has 0 unspecified atom stereocenters. The largest absolute Gasteiger partial charge is 0.267 e. The van der Waals surface area contributed by atoms with Crippen LogP contribution in [-0.2, 0) is 0 Å². The number of para-hydroxylation sites is 2. The molecule has 0 spiro atoms. The average molecular weight is 230 g/mol. The summed E-state index contributed by atoms with van der Waals surface area (Å²) in [5, 5.41) is 21.2. The molecule has 0 aliphatic heterocycles. The summed E-state index contributed by atoms with van der Waals surface area (Å²) >= 11 is 0. The first-order chi connectivity index (χ1) is 8.20. The third-order valence-electron chi connectivity index (χ3n) is 2.50. The van der Waals surface area contributed by atoms with Crippen LogP contribution >= 0.6 is 0 Å². The molecule has 2 aromatic carbocycles. The molecule has 2 aromatic rings. The van der Waals surface area contributed by atoms with Crippen molar-refractivity contribution < 1.29 is 10.4 Å². The summed E-state index contributed by atoms with van der Waals surface area (Å²) in [7, 11) is 0. The summed E-state index contributed by atoms with van der Waals surface area (Å²) in [5.41, 5.74) is 1.88. The maximum atomic E-state index is 9.93. The maximum absolute atomic E-state index is 9.93. The molecule has 0 fully saturated rings. The average Bonchev–Trinajstić information content (AvgIpc) is 2.39. The van der Waals surface area contributed by atoms with Gasteiger partial charge in [0.05, 0.1) is 11.4 Å². The molecule has 0 aromatic heterocycles. The second kappa shape index (κ2) is 4.86. The van der Waals surface area contributed by atoms with E-state index in [1.807, 2.05) is 25.1 Å². The quantitative estimate of drug-likeness (QED) is 0.796. The van der Waals surface area contributed by atoms with Crippen LogP contribution in [0.1, 0.15) is 5.56 Å². The Morgan fingerprint density at radius 1 is 0.765 bits per heavy atom. The minimum atomic E-state index is 0.484. The van der Waals surface area contributed by atoms with E-state index in [1.165, 1.54) is 0 Å². The van der Waals surface area contributed by atoms with E-state index in [4.69, 9.17) is 0 Å². The Hall–Kier alpha value is -2.04. The molecule has 0 radical (unpaired) electrons. The summed E-state index contributed by atoms with van der Waals surface area (Å²) in [4.78, 5) is 0. The highest BCUT2D eigenvalue weighted by Gasteiger charge is 2.13. The second-order valence-corrected chi connectivity index (χ2v) is 3.70. The van der Waals surface area contributed by atoms with Gasteiger partial charge in [0.1, 0.15) is 0 Å². The molecule has 2 N–H and O–H groups in total. The zero-order valence-corrected chi connectivity index (χ0v) is 9.49. The van der Waals surface area contributed by atoms with Gasteiger partial charge in [-0.3, -0.25) is 10.4 Å². The van der Waals surface area contributed by atoms with Gasteiger partial charge in [0.2, 0.25) is 0 Å². The third-order valence-corrected chi connectivity index (χ3v) is 2.50. The molecule has 0 saturated heterocycles. The van der Waals surface area contributed by atoms with Crippen LogP contribution in [0.5, 0.6) is 0 Å². The first-order valence-corrected chi connectivity index (χ1v) is 5.29. The van der Waals surface area contributed by atoms with Crippen LogP contribution in [0, 0.1) is 6.92 Å². The fourth-order valence-corrected chi connectivity index (χ4v) is 1.56. The molecule has 0 heterocycles. The molecule has 0 aliphatic carbocycles. The van der Waals surface area contributed by atoms with Gasteiger partial charge in [-0.15, -0.1) is 10.3 Å². The summed E-state index contributed by atoms with van der Waals surface area (Å²) in [6, 6.07) is 16.0. The molecular weight excluding hydrogens is 216 g/mol. The SMILES string of the molecule is Cc1ccccc1N(O)N(O)c1ccccc1.